The number of para-hydroxylation sites is 1. The molecule has 0 N–H and O–H groups in total. The number of fused-ring (bicyclic) bond motifs is 4. The monoisotopic (exact) mass is 643 g/mol. The van der Waals surface area contributed by atoms with Crippen LogP contribution in [0.15, 0.2) is 151 Å². The normalized spacial score (nSPS) is 14.0. The van der Waals surface area contributed by atoms with Crippen molar-refractivity contribution in [1.82, 2.24) is 19.9 Å². The number of hydrogen-bond acceptors (Lipinski definition) is 5. The van der Waals surface area contributed by atoms with Crippen molar-refractivity contribution in [3.8, 4) is 56.3 Å². The molecule has 0 saturated carbocycles. The average molecular weight is 644 g/mol. The summed E-state index contributed by atoms with van der Waals surface area (Å²) in [5.41, 5.74) is 13.9. The number of aliphatic imine (C=N–C) groups is 1. The molecule has 1 aliphatic heterocycles. The van der Waals surface area contributed by atoms with Gasteiger partial charge in [-0.2, -0.15) is 0 Å². The van der Waals surface area contributed by atoms with Gasteiger partial charge in [-0.1, -0.05) is 122 Å². The smallest absolute Gasteiger partial charge is 0.160 e. The van der Waals surface area contributed by atoms with Crippen molar-refractivity contribution in [2.24, 2.45) is 10.9 Å². The third kappa shape index (κ3) is 5.33. The Balaban J connectivity index is 1.28. The molecule has 9 rings (SSSR count). The zero-order valence-corrected chi connectivity index (χ0v) is 27.9. The Hall–Kier alpha value is -6.33. The van der Waals surface area contributed by atoms with Gasteiger partial charge in [-0.05, 0) is 65.8 Å². The molecule has 5 heteroatoms. The van der Waals surface area contributed by atoms with Gasteiger partial charge in [0, 0.05) is 39.4 Å². The Morgan fingerprint density at radius 2 is 1.24 bits per heavy atom. The maximum Gasteiger partial charge on any atom is 0.160 e. The molecule has 0 fully saturated rings. The highest BCUT2D eigenvalue weighted by Gasteiger charge is 2.22. The van der Waals surface area contributed by atoms with Gasteiger partial charge in [-0.15, -0.1) is 0 Å². The first-order chi connectivity index (χ1) is 24.6. The summed E-state index contributed by atoms with van der Waals surface area (Å²) in [4.78, 5) is 25.6. The largest absolute Gasteiger partial charge is 0.256 e. The molecule has 0 spiro atoms. The van der Waals surface area contributed by atoms with Crippen LogP contribution in [0.1, 0.15) is 19.4 Å². The van der Waals surface area contributed by atoms with Crippen molar-refractivity contribution in [3.05, 3.63) is 151 Å². The molecule has 50 heavy (non-hydrogen) atoms. The van der Waals surface area contributed by atoms with Crippen LogP contribution in [0.2, 0.25) is 0 Å². The van der Waals surface area contributed by atoms with Crippen molar-refractivity contribution in [3.63, 3.8) is 0 Å². The van der Waals surface area contributed by atoms with Gasteiger partial charge in [-0.25, -0.2) is 15.0 Å². The molecule has 0 amide bonds. The predicted octanol–water partition coefficient (Wildman–Crippen LogP) is 11.2. The quantitative estimate of drug-likeness (QED) is 0.187. The van der Waals surface area contributed by atoms with Gasteiger partial charge in [0.2, 0.25) is 0 Å². The van der Waals surface area contributed by atoms with Crippen LogP contribution < -0.4 is 0 Å². The van der Waals surface area contributed by atoms with E-state index in [0.717, 1.165) is 90.1 Å². The summed E-state index contributed by atoms with van der Waals surface area (Å²) in [6.07, 6.45) is 2.80. The number of pyridine rings is 2. The Labute approximate surface area is 291 Å². The van der Waals surface area contributed by atoms with Crippen molar-refractivity contribution in [2.75, 3.05) is 0 Å². The van der Waals surface area contributed by atoms with E-state index in [4.69, 9.17) is 24.9 Å². The lowest BCUT2D eigenvalue weighted by molar-refractivity contribution is 0.751. The van der Waals surface area contributed by atoms with Crippen LogP contribution in [0.4, 0.5) is 5.69 Å². The second-order valence-electron chi connectivity index (χ2n) is 13.0. The van der Waals surface area contributed by atoms with E-state index in [0.29, 0.717) is 11.7 Å². The Morgan fingerprint density at radius 3 is 2.08 bits per heavy atom. The molecule has 5 nitrogen and oxygen atoms in total. The molecule has 4 heterocycles. The van der Waals surface area contributed by atoms with Crippen LogP contribution in [0.3, 0.4) is 0 Å². The van der Waals surface area contributed by atoms with E-state index in [-0.39, 0.29) is 0 Å². The molecule has 0 aliphatic carbocycles. The van der Waals surface area contributed by atoms with Crippen molar-refractivity contribution in [1.29, 1.82) is 0 Å². The first-order valence-corrected chi connectivity index (χ1v) is 17.1. The van der Waals surface area contributed by atoms with Gasteiger partial charge in [0.25, 0.3) is 0 Å². The third-order valence-electron chi connectivity index (χ3n) is 9.77. The van der Waals surface area contributed by atoms with Gasteiger partial charge >= 0.3 is 0 Å². The topological polar surface area (TPSA) is 63.9 Å². The first kappa shape index (κ1) is 29.8. The van der Waals surface area contributed by atoms with Crippen LogP contribution in [0, 0.1) is 5.92 Å². The molecule has 3 aromatic heterocycles. The van der Waals surface area contributed by atoms with Gasteiger partial charge < -0.3 is 0 Å². The van der Waals surface area contributed by atoms with Crippen molar-refractivity contribution < 1.29 is 0 Å². The molecule has 0 radical (unpaired) electrons. The van der Waals surface area contributed by atoms with Crippen LogP contribution in [0.25, 0.3) is 78.1 Å². The highest BCUT2D eigenvalue weighted by Crippen LogP contribution is 2.41. The lowest BCUT2D eigenvalue weighted by Gasteiger charge is -2.21. The maximum atomic E-state index is 5.37. The zero-order valence-electron chi connectivity index (χ0n) is 27.9. The highest BCUT2D eigenvalue weighted by molar-refractivity contribution is 6.05. The molecule has 1 unspecified atom stereocenters. The van der Waals surface area contributed by atoms with E-state index in [2.05, 4.69) is 129 Å². The van der Waals surface area contributed by atoms with E-state index in [1.165, 1.54) is 5.56 Å². The van der Waals surface area contributed by atoms with Gasteiger partial charge in [0.1, 0.15) is 0 Å². The second-order valence-corrected chi connectivity index (χ2v) is 13.0. The van der Waals surface area contributed by atoms with Crippen LogP contribution in [-0.2, 0) is 6.42 Å². The van der Waals surface area contributed by atoms with Crippen LogP contribution >= 0.6 is 0 Å². The fourth-order valence-electron chi connectivity index (χ4n) is 6.99. The molecular weight excluding hydrogens is 611 g/mol. The number of nitrogens with zero attached hydrogens (tertiary/aromatic N) is 5. The van der Waals surface area contributed by atoms with Crippen LogP contribution in [0.5, 0.6) is 0 Å². The summed E-state index contributed by atoms with van der Waals surface area (Å²) in [5, 5.41) is 2.19. The Kier molecular flexibility index (Phi) is 7.32. The number of benzene rings is 5. The Bertz CT molecular complexity index is 2590. The Morgan fingerprint density at radius 1 is 0.540 bits per heavy atom. The zero-order chi connectivity index (χ0) is 33.6. The summed E-state index contributed by atoms with van der Waals surface area (Å²) in [6.45, 7) is 4.37. The summed E-state index contributed by atoms with van der Waals surface area (Å²) in [6, 6.07) is 48.3. The van der Waals surface area contributed by atoms with Crippen molar-refractivity contribution >= 4 is 33.2 Å². The van der Waals surface area contributed by atoms with Gasteiger partial charge in [0.15, 0.2) is 5.82 Å². The molecule has 5 aromatic carbocycles. The van der Waals surface area contributed by atoms with Gasteiger partial charge in [-0.3, -0.25) is 9.98 Å². The van der Waals surface area contributed by atoms with E-state index >= 15 is 0 Å². The standard InChI is InChI=1S/C45H33N5/c1-28-24-34-21-22-37-38(30-12-5-3-6-13-30)26-40(48-44(37)43(34)47-29(28)2)41-27-39(31-14-7-4-8-15-31)49-45(50-41)35-18-9-17-33(25-35)36-20-10-16-32-19-11-23-46-42(32)36/h3-23,25-28H,24H2,1-2H3. The first-order valence-electron chi connectivity index (χ1n) is 17.1. The molecule has 1 aliphatic rings. The minimum atomic E-state index is 0.398. The predicted molar refractivity (Wildman–Crippen MR) is 205 cm³/mol. The lowest BCUT2D eigenvalue weighted by Crippen LogP contribution is -2.14. The van der Waals surface area contributed by atoms with Gasteiger partial charge in [0.05, 0.1) is 33.8 Å². The van der Waals surface area contributed by atoms with E-state index in [1.54, 1.807) is 0 Å². The van der Waals surface area contributed by atoms with E-state index in [1.807, 2.05) is 30.5 Å². The summed E-state index contributed by atoms with van der Waals surface area (Å²) in [7, 11) is 0. The second kappa shape index (κ2) is 12.3. The fraction of sp³-hybridized carbons (Fsp3) is 0.0889. The molecule has 0 bridgehead atoms. The highest BCUT2D eigenvalue weighted by atomic mass is 14.9. The molecule has 8 aromatic rings. The van der Waals surface area contributed by atoms with Crippen molar-refractivity contribution in [2.45, 2.75) is 20.3 Å². The van der Waals surface area contributed by atoms with E-state index < -0.39 is 0 Å². The third-order valence-corrected chi connectivity index (χ3v) is 9.77. The summed E-state index contributed by atoms with van der Waals surface area (Å²) < 4.78 is 0. The molecule has 1 atom stereocenters. The minimum absolute atomic E-state index is 0.398. The summed E-state index contributed by atoms with van der Waals surface area (Å²) >= 11 is 0. The maximum absolute atomic E-state index is 5.37. The molecule has 238 valence electrons. The number of hydrogen-bond donors (Lipinski definition) is 0. The lowest BCUT2D eigenvalue weighted by atomic mass is 9.90. The number of rotatable bonds is 5. The molecule has 0 saturated heterocycles. The fourth-order valence-corrected chi connectivity index (χ4v) is 6.99. The minimum Gasteiger partial charge on any atom is -0.256 e. The van der Waals surface area contributed by atoms with Crippen LogP contribution in [-0.4, -0.2) is 25.6 Å². The number of aromatic nitrogens is 4. The SMILES string of the molecule is CC1=Nc2c(ccc3c(-c4ccccc4)cc(-c4cc(-c5ccccc5)nc(-c5cccc(-c6cccc7cccnc67)c5)n4)nc23)CC1C. The van der Waals surface area contributed by atoms with E-state index in [9.17, 15) is 0 Å². The summed E-state index contributed by atoms with van der Waals surface area (Å²) in [5.74, 6) is 1.03. The average Bonchev–Trinajstić information content (AvgIpc) is 3.18. The molecular formula is C45H33N5.